The molecule has 0 fully saturated rings. The monoisotopic (exact) mass is 672 g/mol. The van der Waals surface area contributed by atoms with Gasteiger partial charge in [0.25, 0.3) is 0 Å². The van der Waals surface area contributed by atoms with Gasteiger partial charge in [0.05, 0.1) is 11.4 Å². The molecule has 3 aromatic carbocycles. The fourth-order valence-corrected chi connectivity index (χ4v) is 5.52. The van der Waals surface area contributed by atoms with Gasteiger partial charge in [-0.05, 0) is 83.6 Å². The molecule has 11 heteroatoms. The Morgan fingerprint density at radius 3 is 1.77 bits per heavy atom. The van der Waals surface area contributed by atoms with E-state index in [0.29, 0.717) is 11.4 Å². The van der Waals surface area contributed by atoms with Gasteiger partial charge in [-0.3, -0.25) is 0 Å². The lowest BCUT2D eigenvalue weighted by atomic mass is 9.90. The number of thioether (sulfide) groups is 1. The zero-order valence-corrected chi connectivity index (χ0v) is 28.4. The van der Waals surface area contributed by atoms with E-state index in [-0.39, 0.29) is 23.5 Å². The molecule has 0 radical (unpaired) electrons. The number of rotatable bonds is 12. The molecule has 254 valence electrons. The third kappa shape index (κ3) is 11.7. The predicted molar refractivity (Wildman–Crippen MR) is 180 cm³/mol. The van der Waals surface area contributed by atoms with Crippen LogP contribution in [0.4, 0.5) is 23.7 Å². The predicted octanol–water partition coefficient (Wildman–Crippen LogP) is 8.35. The molecular weight excluding hydrogens is 629 g/mol. The number of esters is 1. The summed E-state index contributed by atoms with van der Waals surface area (Å²) >= 11 is 1.12. The first-order valence-electron chi connectivity index (χ1n) is 15.3. The number of nitrogens with zero attached hydrogens (tertiary/aromatic N) is 1. The van der Waals surface area contributed by atoms with Crippen LogP contribution < -0.4 is 5.32 Å². The Morgan fingerprint density at radius 2 is 1.30 bits per heavy atom. The molecule has 47 heavy (non-hydrogen) atoms. The van der Waals surface area contributed by atoms with E-state index >= 15 is 0 Å². The standard InChI is InChI=1S/C36H43F3N2O5S/c1-33(2,3)45-31(42)29(41-32(43)46-34(4,5)6)21-23-47-24-22-35(44,36(37,38)39)27-17-19-28(20-18-27)40-30(25-13-9-7-10-14-25)26-15-11-8-12-16-26/h7-20,29,44H,21-24H2,1-6H3,(H,41,43)/t29-,35?/m0/s1. The van der Waals surface area contributed by atoms with Gasteiger partial charge in [0.2, 0.25) is 0 Å². The normalized spacial score (nSPS) is 14.0. The molecule has 1 unspecified atom stereocenters. The molecule has 0 aliphatic carbocycles. The molecule has 0 aliphatic heterocycles. The third-order valence-electron chi connectivity index (χ3n) is 6.69. The number of carbonyl (C=O) groups is 2. The van der Waals surface area contributed by atoms with Crippen LogP contribution in [-0.4, -0.2) is 57.8 Å². The van der Waals surface area contributed by atoms with Crippen LogP contribution >= 0.6 is 11.8 Å². The summed E-state index contributed by atoms with van der Waals surface area (Å²) in [6.45, 7) is 10.1. The number of aliphatic imine (C=N–C) groups is 1. The van der Waals surface area contributed by atoms with Crippen molar-refractivity contribution in [2.75, 3.05) is 11.5 Å². The van der Waals surface area contributed by atoms with Crippen molar-refractivity contribution in [1.29, 1.82) is 0 Å². The first-order valence-corrected chi connectivity index (χ1v) is 16.4. The van der Waals surface area contributed by atoms with Gasteiger partial charge in [0.15, 0.2) is 5.60 Å². The van der Waals surface area contributed by atoms with E-state index in [0.717, 1.165) is 22.9 Å². The van der Waals surface area contributed by atoms with Crippen molar-refractivity contribution in [2.24, 2.45) is 4.99 Å². The van der Waals surface area contributed by atoms with Gasteiger partial charge >= 0.3 is 18.2 Å². The maximum atomic E-state index is 14.3. The van der Waals surface area contributed by atoms with Gasteiger partial charge in [-0.15, -0.1) is 0 Å². The highest BCUT2D eigenvalue weighted by Gasteiger charge is 2.54. The Bertz CT molecular complexity index is 1440. The van der Waals surface area contributed by atoms with Gasteiger partial charge in [0.1, 0.15) is 17.2 Å². The lowest BCUT2D eigenvalue weighted by Crippen LogP contribution is -2.46. The zero-order valence-electron chi connectivity index (χ0n) is 27.6. The highest BCUT2D eigenvalue weighted by atomic mass is 32.2. The molecule has 2 N–H and O–H groups in total. The summed E-state index contributed by atoms with van der Waals surface area (Å²) in [7, 11) is 0. The van der Waals surface area contributed by atoms with Gasteiger partial charge < -0.3 is 19.9 Å². The smallest absolute Gasteiger partial charge is 0.421 e. The number of hydrogen-bond donors (Lipinski definition) is 2. The van der Waals surface area contributed by atoms with E-state index in [1.165, 1.54) is 24.3 Å². The number of alkyl halides is 3. The Balaban J connectivity index is 1.72. The number of carbonyl (C=O) groups excluding carboxylic acids is 2. The summed E-state index contributed by atoms with van der Waals surface area (Å²) in [6, 6.07) is 23.3. The topological polar surface area (TPSA) is 97.2 Å². The number of aliphatic hydroxyl groups is 1. The Labute approximate surface area is 279 Å². The fourth-order valence-electron chi connectivity index (χ4n) is 4.47. The van der Waals surface area contributed by atoms with Gasteiger partial charge in [-0.25, -0.2) is 14.6 Å². The molecular formula is C36H43F3N2O5S. The molecule has 0 saturated carbocycles. The van der Waals surface area contributed by atoms with Gasteiger partial charge in [0, 0.05) is 11.1 Å². The summed E-state index contributed by atoms with van der Waals surface area (Å²) in [5.74, 6) is -0.542. The summed E-state index contributed by atoms with van der Waals surface area (Å²) in [4.78, 5) is 29.8. The highest BCUT2D eigenvalue weighted by molar-refractivity contribution is 7.99. The van der Waals surface area contributed by atoms with Crippen molar-refractivity contribution < 1.29 is 37.3 Å². The average Bonchev–Trinajstić information content (AvgIpc) is 2.98. The number of ether oxygens (including phenoxy) is 2. The van der Waals surface area contributed by atoms with E-state index < -0.39 is 47.5 Å². The molecule has 0 aromatic heterocycles. The van der Waals surface area contributed by atoms with Crippen molar-refractivity contribution in [1.82, 2.24) is 5.32 Å². The van der Waals surface area contributed by atoms with Crippen molar-refractivity contribution in [2.45, 2.75) is 83.4 Å². The number of halogens is 3. The average molecular weight is 673 g/mol. The fraction of sp³-hybridized carbons (Fsp3) is 0.417. The molecule has 0 bridgehead atoms. The van der Waals surface area contributed by atoms with E-state index in [4.69, 9.17) is 14.5 Å². The summed E-state index contributed by atoms with van der Waals surface area (Å²) < 4.78 is 53.6. The van der Waals surface area contributed by atoms with Crippen molar-refractivity contribution in [3.05, 3.63) is 102 Å². The molecule has 1 amide bonds. The minimum Gasteiger partial charge on any atom is -0.458 e. The molecule has 0 aliphatic rings. The molecule has 0 spiro atoms. The van der Waals surface area contributed by atoms with Crippen molar-refractivity contribution in [3.63, 3.8) is 0 Å². The largest absolute Gasteiger partial charge is 0.458 e. The van der Waals surface area contributed by atoms with Crippen LogP contribution in [-0.2, 0) is 19.9 Å². The third-order valence-corrected chi connectivity index (χ3v) is 7.71. The van der Waals surface area contributed by atoms with E-state index in [1.807, 2.05) is 60.7 Å². The Morgan fingerprint density at radius 1 is 0.787 bits per heavy atom. The lowest BCUT2D eigenvalue weighted by Gasteiger charge is -2.31. The van der Waals surface area contributed by atoms with Crippen LogP contribution in [0.15, 0.2) is 89.9 Å². The number of hydrogen-bond acceptors (Lipinski definition) is 7. The summed E-state index contributed by atoms with van der Waals surface area (Å²) in [5.41, 5.74) is -2.23. The van der Waals surface area contributed by atoms with Crippen LogP contribution in [0.2, 0.25) is 0 Å². The number of alkyl carbamates (subject to hydrolysis) is 1. The zero-order chi connectivity index (χ0) is 34.9. The second kappa shape index (κ2) is 15.8. The van der Waals surface area contributed by atoms with Gasteiger partial charge in [-0.2, -0.15) is 24.9 Å². The maximum absolute atomic E-state index is 14.3. The number of benzene rings is 3. The minimum atomic E-state index is -4.95. The first-order chi connectivity index (χ1) is 21.9. The quantitative estimate of drug-likeness (QED) is 0.114. The second-order valence-electron chi connectivity index (χ2n) is 13.0. The van der Waals surface area contributed by atoms with Crippen LogP contribution in [0.25, 0.3) is 0 Å². The Kier molecular flexibility index (Phi) is 12.7. The minimum absolute atomic E-state index is 0.0739. The molecule has 3 aromatic rings. The highest BCUT2D eigenvalue weighted by Crippen LogP contribution is 2.43. The molecule has 0 saturated heterocycles. The van der Waals surface area contributed by atoms with Crippen molar-refractivity contribution in [3.8, 4) is 0 Å². The second-order valence-corrected chi connectivity index (χ2v) is 14.2. The van der Waals surface area contributed by atoms with Crippen LogP contribution in [0.3, 0.4) is 0 Å². The SMILES string of the molecule is CC(C)(C)OC(=O)N[C@@H](CCSCCC(O)(c1ccc(N=C(c2ccccc2)c2ccccc2)cc1)C(F)(F)F)C(=O)OC(C)(C)C. The number of nitrogens with one attached hydrogen (secondary N) is 1. The van der Waals surface area contributed by atoms with Crippen LogP contribution in [0.1, 0.15) is 71.1 Å². The summed E-state index contributed by atoms with van der Waals surface area (Å²) in [5, 5.41) is 13.5. The summed E-state index contributed by atoms with van der Waals surface area (Å²) in [6.07, 6.45) is -6.30. The van der Waals surface area contributed by atoms with E-state index in [9.17, 15) is 27.9 Å². The van der Waals surface area contributed by atoms with E-state index in [2.05, 4.69) is 5.32 Å². The van der Waals surface area contributed by atoms with Crippen LogP contribution in [0, 0.1) is 0 Å². The molecule has 3 rings (SSSR count). The molecule has 7 nitrogen and oxygen atoms in total. The Hall–Kier alpha value is -3.83. The van der Waals surface area contributed by atoms with Crippen molar-refractivity contribution >= 4 is 35.2 Å². The maximum Gasteiger partial charge on any atom is 0.421 e. The number of amides is 1. The van der Waals surface area contributed by atoms with Crippen LogP contribution in [0.5, 0.6) is 0 Å². The molecule has 0 heterocycles. The first kappa shape index (κ1) is 37.6. The van der Waals surface area contributed by atoms with Gasteiger partial charge in [-0.1, -0.05) is 72.8 Å². The van der Waals surface area contributed by atoms with E-state index in [1.54, 1.807) is 41.5 Å². The lowest BCUT2D eigenvalue weighted by molar-refractivity contribution is -0.267. The molecule has 2 atom stereocenters.